The molecule has 100 valence electrons. The van der Waals surface area contributed by atoms with Crippen molar-refractivity contribution in [3.63, 3.8) is 0 Å². The molecule has 0 aliphatic carbocycles. The topological polar surface area (TPSA) is 0 Å². The van der Waals surface area contributed by atoms with Crippen LogP contribution in [0.2, 0.25) is 0 Å². The van der Waals surface area contributed by atoms with Gasteiger partial charge in [-0.05, 0) is 18.6 Å². The maximum absolute atomic E-state index is 13.2. The van der Waals surface area contributed by atoms with Crippen LogP contribution in [-0.4, -0.2) is 0 Å². The van der Waals surface area contributed by atoms with E-state index in [4.69, 9.17) is 0 Å². The average Bonchev–Trinajstić information content (AvgIpc) is 2.55. The van der Waals surface area contributed by atoms with E-state index in [0.717, 1.165) is 10.9 Å². The molecule has 18 heavy (non-hydrogen) atoms. The summed E-state index contributed by atoms with van der Waals surface area (Å²) in [6.45, 7) is 5.46. The quantitative estimate of drug-likeness (QED) is 0.573. The van der Waals surface area contributed by atoms with Crippen molar-refractivity contribution in [2.75, 3.05) is 0 Å². The lowest BCUT2D eigenvalue weighted by atomic mass is 10.1. The molecule has 1 aromatic carbocycles. The van der Waals surface area contributed by atoms with Crippen molar-refractivity contribution in [2.45, 2.75) is 32.2 Å². The van der Waals surface area contributed by atoms with Crippen LogP contribution in [0.5, 0.6) is 0 Å². The second kappa shape index (κ2) is 5.10. The average molecular weight is 296 g/mol. The fourth-order valence-corrected chi connectivity index (χ4v) is 4.09. The van der Waals surface area contributed by atoms with Crippen LogP contribution in [0.3, 0.4) is 0 Å². The number of rotatable bonds is 1. The Morgan fingerprint density at radius 3 is 2.22 bits per heavy atom. The molecule has 1 unspecified atom stereocenters. The van der Waals surface area contributed by atoms with Crippen molar-refractivity contribution in [1.82, 2.24) is 0 Å². The molecule has 0 saturated carbocycles. The number of hydrogen-bond acceptors (Lipinski definition) is 0. The zero-order valence-electron chi connectivity index (χ0n) is 10.3. The van der Waals surface area contributed by atoms with Crippen LogP contribution in [-0.2, 0) is 5.51 Å². The summed E-state index contributed by atoms with van der Waals surface area (Å²) >= 11 is 0. The van der Waals surface area contributed by atoms with E-state index in [1.807, 2.05) is 26.8 Å². The smallest absolute Gasteiger partial charge is 0.147 e. The molecule has 0 aliphatic rings. The van der Waals surface area contributed by atoms with E-state index in [-0.39, 0.29) is 18.3 Å². The first kappa shape index (κ1) is 15.3. The number of benzene rings is 1. The van der Waals surface area contributed by atoms with Gasteiger partial charge in [-0.15, -0.1) is 25.6 Å². The summed E-state index contributed by atoms with van der Waals surface area (Å²) in [7, 11) is -1.74. The molecule has 0 nitrogen and oxygen atoms in total. The zero-order valence-corrected chi connectivity index (χ0v) is 12.0. The van der Waals surface area contributed by atoms with Crippen LogP contribution >= 0.6 is 22.9 Å². The highest BCUT2D eigenvalue weighted by molar-refractivity contribution is 7.38. The molecular weight excluding hydrogens is 281 g/mol. The molecule has 0 N–H and O–H groups in total. The molecule has 1 heterocycles. The summed E-state index contributed by atoms with van der Waals surface area (Å²) in [4.78, 5) is 0.498. The highest BCUT2D eigenvalue weighted by Gasteiger charge is 2.48. The third-order valence-electron chi connectivity index (χ3n) is 2.72. The SMILES string of the molecule is Cc1ccc2cc(C(C)C)[s+](C(F)(F)F)c2c1.Cl. The van der Waals surface area contributed by atoms with Gasteiger partial charge in [0.25, 0.3) is 0 Å². The normalized spacial score (nSPS) is 12.9. The second-order valence-electron chi connectivity index (χ2n) is 4.49. The number of hydrogen-bond donors (Lipinski definition) is 0. The second-order valence-corrected chi connectivity index (χ2v) is 6.48. The number of thiophene rings is 1. The van der Waals surface area contributed by atoms with Gasteiger partial charge in [-0.3, -0.25) is 0 Å². The lowest BCUT2D eigenvalue weighted by Crippen LogP contribution is -1.99. The van der Waals surface area contributed by atoms with Crippen molar-refractivity contribution in [3.8, 4) is 0 Å². The molecule has 0 amide bonds. The Bertz CT molecular complexity index is 555. The Balaban J connectivity index is 0.00000162. The van der Waals surface area contributed by atoms with Crippen molar-refractivity contribution in [3.05, 3.63) is 34.7 Å². The monoisotopic (exact) mass is 295 g/mol. The van der Waals surface area contributed by atoms with E-state index in [1.165, 1.54) is 0 Å². The van der Waals surface area contributed by atoms with Crippen LogP contribution in [0.4, 0.5) is 13.2 Å². The van der Waals surface area contributed by atoms with Gasteiger partial charge >= 0.3 is 5.51 Å². The van der Waals surface area contributed by atoms with Gasteiger partial charge in [0.2, 0.25) is 0 Å². The highest BCUT2D eigenvalue weighted by atomic mass is 35.5. The number of aryl methyl sites for hydroxylation is 1. The molecule has 1 aromatic heterocycles. The van der Waals surface area contributed by atoms with Crippen molar-refractivity contribution in [2.24, 2.45) is 0 Å². The summed E-state index contributed by atoms with van der Waals surface area (Å²) in [6, 6.07) is 7.01. The zero-order chi connectivity index (χ0) is 12.8. The van der Waals surface area contributed by atoms with E-state index in [0.29, 0.717) is 9.58 Å². The summed E-state index contributed by atoms with van der Waals surface area (Å²) in [5.74, 6) is -0.0762. The molecule has 2 aromatic rings. The Morgan fingerprint density at radius 1 is 1.11 bits per heavy atom. The van der Waals surface area contributed by atoms with Crippen LogP contribution in [0, 0.1) is 6.92 Å². The predicted octanol–water partition coefficient (Wildman–Crippen LogP) is 5.92. The van der Waals surface area contributed by atoms with Gasteiger partial charge in [0, 0.05) is 23.4 Å². The molecule has 0 spiro atoms. The Labute approximate surface area is 113 Å². The van der Waals surface area contributed by atoms with Crippen LogP contribution in [0.25, 0.3) is 10.1 Å². The van der Waals surface area contributed by atoms with Crippen LogP contribution < -0.4 is 0 Å². The van der Waals surface area contributed by atoms with Gasteiger partial charge in [0.15, 0.2) is 9.58 Å². The highest BCUT2D eigenvalue weighted by Crippen LogP contribution is 2.52. The van der Waals surface area contributed by atoms with E-state index >= 15 is 0 Å². The number of halogens is 4. The molecule has 5 heteroatoms. The summed E-state index contributed by atoms with van der Waals surface area (Å²) in [6.07, 6.45) is 0. The summed E-state index contributed by atoms with van der Waals surface area (Å²) in [5.41, 5.74) is -3.29. The first-order valence-corrected chi connectivity index (χ1v) is 6.66. The number of alkyl halides is 3. The molecule has 2 rings (SSSR count). The lowest BCUT2D eigenvalue weighted by Gasteiger charge is -2.02. The Hall–Kier alpha value is -0.740. The molecule has 0 fully saturated rings. The third-order valence-corrected chi connectivity index (χ3v) is 5.04. The summed E-state index contributed by atoms with van der Waals surface area (Å²) in [5, 5.41) is 0.722. The number of fused-ring (bicyclic) bond motifs is 1. The van der Waals surface area contributed by atoms with Gasteiger partial charge in [-0.1, -0.05) is 19.9 Å². The van der Waals surface area contributed by atoms with Gasteiger partial charge in [0.05, 0.1) is 10.5 Å². The van der Waals surface area contributed by atoms with E-state index < -0.39 is 16.0 Å². The fourth-order valence-electron chi connectivity index (χ4n) is 1.94. The predicted molar refractivity (Wildman–Crippen MR) is 73.8 cm³/mol. The van der Waals surface area contributed by atoms with E-state index in [2.05, 4.69) is 0 Å². The molecule has 0 saturated heterocycles. The van der Waals surface area contributed by atoms with Gasteiger partial charge in [-0.25, -0.2) is 0 Å². The van der Waals surface area contributed by atoms with Crippen molar-refractivity contribution in [1.29, 1.82) is 0 Å². The molecular formula is C13H15ClF3S+. The van der Waals surface area contributed by atoms with Crippen molar-refractivity contribution < 1.29 is 13.2 Å². The summed E-state index contributed by atoms with van der Waals surface area (Å²) < 4.78 is 39.9. The minimum atomic E-state index is -4.17. The lowest BCUT2D eigenvalue weighted by molar-refractivity contribution is -0.0868. The maximum Gasteiger partial charge on any atom is 0.600 e. The fraction of sp³-hybridized carbons (Fsp3) is 0.385. The van der Waals surface area contributed by atoms with Crippen molar-refractivity contribution >= 4 is 33.0 Å². The van der Waals surface area contributed by atoms with Gasteiger partial charge in [-0.2, -0.15) is 0 Å². The molecule has 1 atom stereocenters. The van der Waals surface area contributed by atoms with Gasteiger partial charge < -0.3 is 0 Å². The standard InChI is InChI=1S/C13H14F3S.ClH/c1-8(2)11-7-10-5-4-9(3)6-12(10)17(11)13(14,15)16;/h4-8H,1-3H3;1H/q+1;. The minimum absolute atomic E-state index is 0. The Morgan fingerprint density at radius 2 is 1.72 bits per heavy atom. The molecule has 0 aliphatic heterocycles. The van der Waals surface area contributed by atoms with Crippen LogP contribution in [0.15, 0.2) is 24.3 Å². The third kappa shape index (κ3) is 2.64. The first-order valence-electron chi connectivity index (χ1n) is 5.44. The largest absolute Gasteiger partial charge is 0.600 e. The van der Waals surface area contributed by atoms with Gasteiger partial charge in [0.1, 0.15) is 0 Å². The maximum atomic E-state index is 13.2. The van der Waals surface area contributed by atoms with E-state index in [1.54, 1.807) is 18.2 Å². The van der Waals surface area contributed by atoms with E-state index in [9.17, 15) is 13.2 Å². The first-order chi connectivity index (χ1) is 7.80. The van der Waals surface area contributed by atoms with Crippen LogP contribution in [0.1, 0.15) is 30.2 Å². The molecule has 0 radical (unpaired) electrons. The Kier molecular flexibility index (Phi) is 4.34. The molecule has 0 bridgehead atoms. The minimum Gasteiger partial charge on any atom is -0.147 e.